The molecule has 3 heteroatoms. The van der Waals surface area contributed by atoms with Gasteiger partial charge in [-0.15, -0.1) is 0 Å². The Kier molecular flexibility index (Phi) is 3.43. The van der Waals surface area contributed by atoms with Crippen LogP contribution in [-0.2, 0) is 0 Å². The van der Waals surface area contributed by atoms with Crippen molar-refractivity contribution in [2.24, 2.45) is 11.8 Å². The van der Waals surface area contributed by atoms with Gasteiger partial charge in [-0.3, -0.25) is 0 Å². The van der Waals surface area contributed by atoms with Gasteiger partial charge in [0.1, 0.15) is 12.1 Å². The van der Waals surface area contributed by atoms with Gasteiger partial charge in [-0.1, -0.05) is 30.4 Å². The van der Waals surface area contributed by atoms with E-state index in [1.165, 1.54) is 5.57 Å². The zero-order chi connectivity index (χ0) is 12.1. The largest absolute Gasteiger partial charge is 1.00 e. The summed E-state index contributed by atoms with van der Waals surface area (Å²) in [5, 5.41) is 2.56. The number of allylic oxidation sites excluding steroid dienone is 2. The van der Waals surface area contributed by atoms with Crippen LogP contribution in [0.25, 0.3) is 0 Å². The highest BCUT2D eigenvalue weighted by Crippen LogP contribution is 2.36. The predicted octanol–water partition coefficient (Wildman–Crippen LogP) is -2.01. The summed E-state index contributed by atoms with van der Waals surface area (Å²) in [5.74, 6) is 1.35. The summed E-state index contributed by atoms with van der Waals surface area (Å²) < 4.78 is 0. The van der Waals surface area contributed by atoms with Crippen LogP contribution in [0.5, 0.6) is 0 Å². The smallest absolute Gasteiger partial charge is 0.120 e. The number of likely N-dealkylation sites (N-methyl/N-ethyl adjacent to an activating group) is 1. The normalized spacial score (nSPS) is 37.8. The SMILES string of the molecule is CN1C=CC2=C(C=CC3C2[NH2+]C2C=CC=CC23)C1.[I-]. The molecule has 0 aromatic heterocycles. The average Bonchev–Trinajstić information content (AvgIpc) is 2.77. The second kappa shape index (κ2) is 4.94. The third-order valence-electron chi connectivity index (χ3n) is 4.69. The van der Waals surface area contributed by atoms with Crippen LogP contribution in [0.4, 0.5) is 0 Å². The molecule has 4 atom stereocenters. The Hall–Kier alpha value is -0.810. The van der Waals surface area contributed by atoms with Gasteiger partial charge >= 0.3 is 0 Å². The average molecular weight is 366 g/mol. The van der Waals surface area contributed by atoms with Crippen molar-refractivity contribution in [2.45, 2.75) is 12.1 Å². The number of quaternary nitrogens is 1. The molecule has 19 heavy (non-hydrogen) atoms. The van der Waals surface area contributed by atoms with E-state index in [0.29, 0.717) is 23.9 Å². The summed E-state index contributed by atoms with van der Waals surface area (Å²) in [5.41, 5.74) is 3.06. The highest BCUT2D eigenvalue weighted by atomic mass is 127. The van der Waals surface area contributed by atoms with Gasteiger partial charge in [-0.2, -0.15) is 0 Å². The van der Waals surface area contributed by atoms with Crippen LogP contribution in [0.2, 0.25) is 0 Å². The lowest BCUT2D eigenvalue weighted by atomic mass is 9.78. The lowest BCUT2D eigenvalue weighted by molar-refractivity contribution is -0.688. The van der Waals surface area contributed by atoms with E-state index in [1.807, 2.05) is 0 Å². The molecule has 2 N–H and O–H groups in total. The fraction of sp³-hybridized carbons (Fsp3) is 0.375. The molecule has 100 valence electrons. The Morgan fingerprint density at radius 2 is 1.95 bits per heavy atom. The Morgan fingerprint density at radius 1 is 1.11 bits per heavy atom. The predicted molar refractivity (Wildman–Crippen MR) is 72.7 cm³/mol. The first-order chi connectivity index (χ1) is 8.83. The van der Waals surface area contributed by atoms with Gasteiger partial charge in [-0.25, -0.2) is 0 Å². The summed E-state index contributed by atoms with van der Waals surface area (Å²) in [4.78, 5) is 2.26. The second-order valence-electron chi connectivity index (χ2n) is 5.79. The molecule has 0 amide bonds. The molecule has 0 saturated carbocycles. The third kappa shape index (κ3) is 2.03. The number of rotatable bonds is 0. The summed E-state index contributed by atoms with van der Waals surface area (Å²) >= 11 is 0. The molecule has 1 fully saturated rings. The molecule has 4 aliphatic rings. The van der Waals surface area contributed by atoms with Gasteiger partial charge in [0.05, 0.1) is 0 Å². The monoisotopic (exact) mass is 366 g/mol. The molecule has 2 heterocycles. The van der Waals surface area contributed by atoms with Crippen LogP contribution < -0.4 is 29.3 Å². The molecular formula is C16H19IN2. The van der Waals surface area contributed by atoms with Crippen molar-refractivity contribution in [2.75, 3.05) is 13.6 Å². The number of hydrogen-bond donors (Lipinski definition) is 1. The zero-order valence-electron chi connectivity index (χ0n) is 11.0. The quantitative estimate of drug-likeness (QED) is 0.492. The highest BCUT2D eigenvalue weighted by Gasteiger charge is 2.46. The fourth-order valence-electron chi connectivity index (χ4n) is 3.81. The van der Waals surface area contributed by atoms with Gasteiger partial charge in [0.25, 0.3) is 0 Å². The van der Waals surface area contributed by atoms with Gasteiger partial charge in [0, 0.05) is 31.0 Å². The van der Waals surface area contributed by atoms with E-state index < -0.39 is 0 Å². The minimum absolute atomic E-state index is 0. The Balaban J connectivity index is 0.00000110. The Morgan fingerprint density at radius 3 is 2.84 bits per heavy atom. The molecule has 2 nitrogen and oxygen atoms in total. The summed E-state index contributed by atoms with van der Waals surface area (Å²) in [6, 6.07) is 1.26. The van der Waals surface area contributed by atoms with Crippen LogP contribution in [0.3, 0.4) is 0 Å². The third-order valence-corrected chi connectivity index (χ3v) is 4.69. The minimum atomic E-state index is 0. The number of nitrogens with two attached hydrogens (primary N) is 1. The maximum absolute atomic E-state index is 2.56. The number of halogens is 1. The van der Waals surface area contributed by atoms with Crippen molar-refractivity contribution in [1.82, 2.24) is 4.90 Å². The van der Waals surface area contributed by atoms with Crippen LogP contribution in [0, 0.1) is 11.8 Å². The molecule has 1 saturated heterocycles. The van der Waals surface area contributed by atoms with Crippen molar-refractivity contribution in [3.8, 4) is 0 Å². The van der Waals surface area contributed by atoms with Crippen LogP contribution in [0.15, 0.2) is 59.9 Å². The van der Waals surface area contributed by atoms with E-state index >= 15 is 0 Å². The van der Waals surface area contributed by atoms with Crippen LogP contribution in [-0.4, -0.2) is 30.6 Å². The highest BCUT2D eigenvalue weighted by molar-refractivity contribution is 5.45. The standard InChI is InChI=1S/C16H18N2.HI/c1-18-9-8-12-11(10-18)6-7-14-13-4-2-3-5-15(13)17-16(12)14;/h2-9,13-17H,10H2,1H3;1H. The number of hydrogen-bond acceptors (Lipinski definition) is 1. The topological polar surface area (TPSA) is 19.9 Å². The Bertz CT molecular complexity index is 527. The number of nitrogens with zero attached hydrogens (tertiary/aromatic N) is 1. The first-order valence-corrected chi connectivity index (χ1v) is 6.82. The minimum Gasteiger partial charge on any atom is -1.00 e. The second-order valence-corrected chi connectivity index (χ2v) is 5.79. The molecule has 0 bridgehead atoms. The van der Waals surface area contributed by atoms with Gasteiger partial charge in [0.2, 0.25) is 0 Å². The summed E-state index contributed by atoms with van der Waals surface area (Å²) in [7, 11) is 2.14. The molecule has 4 rings (SSSR count). The first kappa shape index (κ1) is 13.2. The maximum atomic E-state index is 2.56. The zero-order valence-corrected chi connectivity index (χ0v) is 13.2. The fourth-order valence-corrected chi connectivity index (χ4v) is 3.81. The van der Waals surface area contributed by atoms with Crippen molar-refractivity contribution < 1.29 is 29.3 Å². The van der Waals surface area contributed by atoms with Crippen molar-refractivity contribution in [3.05, 3.63) is 59.9 Å². The van der Waals surface area contributed by atoms with Gasteiger partial charge in [0.15, 0.2) is 0 Å². The van der Waals surface area contributed by atoms with Crippen molar-refractivity contribution in [3.63, 3.8) is 0 Å². The summed E-state index contributed by atoms with van der Waals surface area (Å²) in [6.07, 6.45) is 18.5. The summed E-state index contributed by atoms with van der Waals surface area (Å²) in [6.45, 7) is 1.06. The van der Waals surface area contributed by atoms with Gasteiger partial charge < -0.3 is 34.2 Å². The van der Waals surface area contributed by atoms with Crippen molar-refractivity contribution >= 4 is 0 Å². The van der Waals surface area contributed by atoms with Gasteiger partial charge in [-0.05, 0) is 23.9 Å². The lowest BCUT2D eigenvalue weighted by Gasteiger charge is -2.29. The molecule has 0 radical (unpaired) electrons. The lowest BCUT2D eigenvalue weighted by Crippen LogP contribution is -3.00. The molecule has 4 unspecified atom stereocenters. The number of fused-ring (bicyclic) bond motifs is 4. The van der Waals surface area contributed by atoms with E-state index in [4.69, 9.17) is 0 Å². The molecular weight excluding hydrogens is 347 g/mol. The van der Waals surface area contributed by atoms with Crippen molar-refractivity contribution in [1.29, 1.82) is 0 Å². The molecule has 2 aliphatic heterocycles. The van der Waals surface area contributed by atoms with E-state index in [0.717, 1.165) is 6.54 Å². The molecule has 0 aromatic rings. The molecule has 0 spiro atoms. The van der Waals surface area contributed by atoms with E-state index in [1.54, 1.807) is 5.57 Å². The van der Waals surface area contributed by atoms with Crippen LogP contribution in [0.1, 0.15) is 0 Å². The van der Waals surface area contributed by atoms with E-state index in [9.17, 15) is 0 Å². The maximum Gasteiger partial charge on any atom is 0.120 e. The Labute approximate surface area is 131 Å². The van der Waals surface area contributed by atoms with E-state index in [-0.39, 0.29) is 24.0 Å². The van der Waals surface area contributed by atoms with Crippen LogP contribution >= 0.6 is 0 Å². The molecule has 2 aliphatic carbocycles. The molecule has 0 aromatic carbocycles. The van der Waals surface area contributed by atoms with E-state index in [2.05, 4.69) is 66.0 Å². The first-order valence-electron chi connectivity index (χ1n) is 6.82.